The SMILES string of the molecule is O=C1c2ccccc2NC2(CCN(CC3CCCCC3)CC2)N1c1ccccc1. The molecule has 2 heterocycles. The highest BCUT2D eigenvalue weighted by molar-refractivity contribution is 6.12. The van der Waals surface area contributed by atoms with Crippen LogP contribution in [0.4, 0.5) is 11.4 Å². The molecular formula is C25H31N3O. The van der Waals surface area contributed by atoms with E-state index >= 15 is 0 Å². The van der Waals surface area contributed by atoms with E-state index in [1.165, 1.54) is 38.6 Å². The molecule has 1 aliphatic carbocycles. The number of likely N-dealkylation sites (tertiary alicyclic amines) is 1. The second-order valence-electron chi connectivity index (χ2n) is 8.98. The number of carbonyl (C=O) groups excluding carboxylic acids is 1. The molecule has 4 heteroatoms. The highest BCUT2D eigenvalue weighted by atomic mass is 16.2. The first-order valence-electron chi connectivity index (χ1n) is 11.2. The Bertz CT molecular complexity index is 851. The predicted molar refractivity (Wildman–Crippen MR) is 118 cm³/mol. The summed E-state index contributed by atoms with van der Waals surface area (Å²) in [5.41, 5.74) is 2.40. The van der Waals surface area contributed by atoms with Crippen LogP contribution in [-0.2, 0) is 0 Å². The zero-order valence-corrected chi connectivity index (χ0v) is 17.1. The average molecular weight is 390 g/mol. The molecule has 4 nitrogen and oxygen atoms in total. The van der Waals surface area contributed by atoms with E-state index in [-0.39, 0.29) is 11.6 Å². The number of para-hydroxylation sites is 2. The molecule has 29 heavy (non-hydrogen) atoms. The van der Waals surface area contributed by atoms with E-state index in [9.17, 15) is 4.79 Å². The van der Waals surface area contributed by atoms with Crippen LogP contribution < -0.4 is 10.2 Å². The van der Waals surface area contributed by atoms with Gasteiger partial charge in [-0.3, -0.25) is 9.69 Å². The van der Waals surface area contributed by atoms with E-state index in [1.807, 2.05) is 47.4 Å². The Kier molecular flexibility index (Phi) is 5.04. The molecule has 0 aromatic heterocycles. The van der Waals surface area contributed by atoms with Crippen molar-refractivity contribution < 1.29 is 4.79 Å². The van der Waals surface area contributed by atoms with Crippen LogP contribution in [0.2, 0.25) is 0 Å². The molecule has 152 valence electrons. The van der Waals surface area contributed by atoms with Gasteiger partial charge in [-0.05, 0) is 43.0 Å². The summed E-state index contributed by atoms with van der Waals surface area (Å²) in [5.74, 6) is 0.982. The van der Waals surface area contributed by atoms with Crippen LogP contribution >= 0.6 is 0 Å². The Hall–Kier alpha value is -2.33. The van der Waals surface area contributed by atoms with E-state index in [4.69, 9.17) is 0 Å². The fourth-order valence-corrected chi connectivity index (χ4v) is 5.53. The molecule has 1 N–H and O–H groups in total. The largest absolute Gasteiger partial charge is 0.362 e. The number of nitrogens with zero attached hydrogens (tertiary/aromatic N) is 2. The number of benzene rings is 2. The molecule has 0 bridgehead atoms. The van der Waals surface area contributed by atoms with Gasteiger partial charge < -0.3 is 10.2 Å². The number of piperidine rings is 1. The summed E-state index contributed by atoms with van der Waals surface area (Å²) in [6.45, 7) is 3.32. The molecular weight excluding hydrogens is 358 g/mol. The summed E-state index contributed by atoms with van der Waals surface area (Å²) in [4.78, 5) is 18.2. The summed E-state index contributed by atoms with van der Waals surface area (Å²) < 4.78 is 0. The molecule has 5 rings (SSSR count). The number of rotatable bonds is 3. The number of carbonyl (C=O) groups is 1. The van der Waals surface area contributed by atoms with Gasteiger partial charge in [0.1, 0.15) is 5.66 Å². The summed E-state index contributed by atoms with van der Waals surface area (Å²) >= 11 is 0. The quantitative estimate of drug-likeness (QED) is 0.790. The maximum atomic E-state index is 13.6. The molecule has 0 radical (unpaired) electrons. The monoisotopic (exact) mass is 389 g/mol. The third-order valence-electron chi connectivity index (χ3n) is 7.09. The molecule has 2 fully saturated rings. The van der Waals surface area contributed by atoms with E-state index in [2.05, 4.69) is 22.3 Å². The van der Waals surface area contributed by atoms with Crippen LogP contribution in [0.25, 0.3) is 0 Å². The second-order valence-corrected chi connectivity index (χ2v) is 8.98. The molecule has 3 aliphatic rings. The van der Waals surface area contributed by atoms with Crippen LogP contribution in [0.1, 0.15) is 55.3 Å². The number of amides is 1. The standard InChI is InChI=1S/C25H31N3O/c29-24-22-13-7-8-14-23(22)26-25(28(24)21-11-5-2-6-12-21)15-17-27(18-16-25)19-20-9-3-1-4-10-20/h2,5-8,11-14,20,26H,1,3-4,9-10,15-19H2. The second kappa shape index (κ2) is 7.83. The lowest BCUT2D eigenvalue weighted by molar-refractivity contribution is 0.0889. The molecule has 1 saturated carbocycles. The van der Waals surface area contributed by atoms with Crippen molar-refractivity contribution >= 4 is 17.3 Å². The van der Waals surface area contributed by atoms with Crippen molar-refractivity contribution in [3.05, 3.63) is 60.2 Å². The number of anilines is 2. The predicted octanol–water partition coefficient (Wildman–Crippen LogP) is 5.13. The third-order valence-corrected chi connectivity index (χ3v) is 7.09. The van der Waals surface area contributed by atoms with Gasteiger partial charge in [-0.25, -0.2) is 0 Å². The Balaban J connectivity index is 1.40. The third kappa shape index (κ3) is 3.55. The molecule has 2 aliphatic heterocycles. The summed E-state index contributed by atoms with van der Waals surface area (Å²) in [6.07, 6.45) is 8.90. The smallest absolute Gasteiger partial charge is 0.262 e. The van der Waals surface area contributed by atoms with E-state index in [1.54, 1.807) is 0 Å². The molecule has 1 spiro atoms. The van der Waals surface area contributed by atoms with E-state index in [0.717, 1.165) is 48.8 Å². The van der Waals surface area contributed by atoms with E-state index < -0.39 is 0 Å². The van der Waals surface area contributed by atoms with Crippen LogP contribution in [0.3, 0.4) is 0 Å². The topological polar surface area (TPSA) is 35.6 Å². The van der Waals surface area contributed by atoms with E-state index in [0.29, 0.717) is 0 Å². The molecule has 1 amide bonds. The van der Waals surface area contributed by atoms with Gasteiger partial charge in [0.25, 0.3) is 5.91 Å². The average Bonchev–Trinajstić information content (AvgIpc) is 2.77. The minimum atomic E-state index is -0.337. The van der Waals surface area contributed by atoms with Gasteiger partial charge in [-0.1, -0.05) is 49.6 Å². The lowest BCUT2D eigenvalue weighted by atomic mass is 9.86. The fourth-order valence-electron chi connectivity index (χ4n) is 5.53. The van der Waals surface area contributed by atoms with Gasteiger partial charge in [0.15, 0.2) is 0 Å². The summed E-state index contributed by atoms with van der Waals surface area (Å²) in [6, 6.07) is 18.1. The maximum Gasteiger partial charge on any atom is 0.262 e. The van der Waals surface area contributed by atoms with Crippen LogP contribution in [0.15, 0.2) is 54.6 Å². The highest BCUT2D eigenvalue weighted by Gasteiger charge is 2.47. The first-order chi connectivity index (χ1) is 14.3. The molecule has 2 aromatic carbocycles. The molecule has 0 unspecified atom stereocenters. The molecule has 1 saturated heterocycles. The zero-order chi connectivity index (χ0) is 19.7. The minimum Gasteiger partial charge on any atom is -0.362 e. The maximum absolute atomic E-state index is 13.6. The van der Waals surface area contributed by atoms with Gasteiger partial charge in [0, 0.05) is 43.9 Å². The minimum absolute atomic E-state index is 0.117. The van der Waals surface area contributed by atoms with Crippen LogP contribution in [0.5, 0.6) is 0 Å². The van der Waals surface area contributed by atoms with Crippen molar-refractivity contribution in [1.82, 2.24) is 4.90 Å². The van der Waals surface area contributed by atoms with Crippen LogP contribution in [-0.4, -0.2) is 36.1 Å². The Morgan fingerprint density at radius 3 is 2.34 bits per heavy atom. The number of hydrogen-bond donors (Lipinski definition) is 1. The first-order valence-corrected chi connectivity index (χ1v) is 11.2. The Morgan fingerprint density at radius 1 is 0.897 bits per heavy atom. The Morgan fingerprint density at radius 2 is 1.59 bits per heavy atom. The van der Waals surface area contributed by atoms with Gasteiger partial charge in [0.05, 0.1) is 5.56 Å². The Labute approximate surface area is 173 Å². The van der Waals surface area contributed by atoms with Crippen molar-refractivity contribution in [2.75, 3.05) is 29.9 Å². The lowest BCUT2D eigenvalue weighted by Crippen LogP contribution is -2.64. The van der Waals surface area contributed by atoms with Crippen LogP contribution in [0, 0.1) is 5.92 Å². The van der Waals surface area contributed by atoms with Crippen molar-refractivity contribution in [3.63, 3.8) is 0 Å². The van der Waals surface area contributed by atoms with Crippen molar-refractivity contribution in [2.24, 2.45) is 5.92 Å². The number of fused-ring (bicyclic) bond motifs is 1. The molecule has 2 aromatic rings. The zero-order valence-electron chi connectivity index (χ0n) is 17.1. The van der Waals surface area contributed by atoms with Gasteiger partial charge in [-0.15, -0.1) is 0 Å². The van der Waals surface area contributed by atoms with Gasteiger partial charge in [0.2, 0.25) is 0 Å². The highest BCUT2D eigenvalue weighted by Crippen LogP contribution is 2.41. The van der Waals surface area contributed by atoms with Gasteiger partial charge in [-0.2, -0.15) is 0 Å². The lowest BCUT2D eigenvalue weighted by Gasteiger charge is -2.52. The van der Waals surface area contributed by atoms with Gasteiger partial charge >= 0.3 is 0 Å². The summed E-state index contributed by atoms with van der Waals surface area (Å²) in [5, 5.41) is 3.79. The van der Waals surface area contributed by atoms with Crippen molar-refractivity contribution in [1.29, 1.82) is 0 Å². The fraction of sp³-hybridized carbons (Fsp3) is 0.480. The van der Waals surface area contributed by atoms with Crippen molar-refractivity contribution in [2.45, 2.75) is 50.6 Å². The normalized spacial score (nSPS) is 22.3. The van der Waals surface area contributed by atoms with Crippen molar-refractivity contribution in [3.8, 4) is 0 Å². The number of nitrogens with one attached hydrogen (secondary N) is 1. The molecule has 0 atom stereocenters. The first kappa shape index (κ1) is 18.7. The number of hydrogen-bond acceptors (Lipinski definition) is 3. The summed E-state index contributed by atoms with van der Waals surface area (Å²) in [7, 11) is 0.